The highest BCUT2D eigenvalue weighted by Crippen LogP contribution is 2.20. The van der Waals surface area contributed by atoms with Crippen molar-refractivity contribution < 1.29 is 19.1 Å². The van der Waals surface area contributed by atoms with Gasteiger partial charge in [-0.2, -0.15) is 0 Å². The molecule has 0 unspecified atom stereocenters. The first-order valence-corrected chi connectivity index (χ1v) is 10.1. The molecule has 0 atom stereocenters. The Bertz CT molecular complexity index is 1040. The van der Waals surface area contributed by atoms with E-state index >= 15 is 0 Å². The van der Waals surface area contributed by atoms with Gasteiger partial charge in [0.25, 0.3) is 11.8 Å². The Morgan fingerprint density at radius 3 is 2.13 bits per heavy atom. The van der Waals surface area contributed by atoms with Crippen molar-refractivity contribution in [3.63, 3.8) is 0 Å². The summed E-state index contributed by atoms with van der Waals surface area (Å²) in [7, 11) is 0. The van der Waals surface area contributed by atoms with Gasteiger partial charge in [0, 0.05) is 16.9 Å². The summed E-state index contributed by atoms with van der Waals surface area (Å²) in [4.78, 5) is 24.6. The molecular weight excluding hydrogens is 392 g/mol. The monoisotopic (exact) mass is 418 g/mol. The van der Waals surface area contributed by atoms with Crippen molar-refractivity contribution in [2.24, 2.45) is 0 Å². The minimum Gasteiger partial charge on any atom is -0.494 e. The first-order valence-electron chi connectivity index (χ1n) is 10.1. The van der Waals surface area contributed by atoms with Gasteiger partial charge in [-0.15, -0.1) is 0 Å². The molecule has 6 nitrogen and oxygen atoms in total. The van der Waals surface area contributed by atoms with Crippen LogP contribution in [0.1, 0.15) is 28.4 Å². The number of aryl methyl sites for hydroxylation is 1. The molecule has 0 spiro atoms. The number of anilines is 2. The molecule has 0 heterocycles. The highest BCUT2D eigenvalue weighted by atomic mass is 16.5. The first kappa shape index (κ1) is 21.9. The van der Waals surface area contributed by atoms with Crippen LogP contribution in [0.2, 0.25) is 0 Å². The van der Waals surface area contributed by atoms with Crippen molar-refractivity contribution in [2.75, 3.05) is 23.8 Å². The minimum atomic E-state index is -0.277. The first-order chi connectivity index (χ1) is 15.0. The average molecular weight is 418 g/mol. The molecule has 3 rings (SSSR count). The molecule has 0 saturated carbocycles. The van der Waals surface area contributed by atoms with Gasteiger partial charge in [0.05, 0.1) is 6.61 Å². The van der Waals surface area contributed by atoms with Crippen LogP contribution in [0.5, 0.6) is 11.5 Å². The lowest BCUT2D eigenvalue weighted by atomic mass is 10.1. The minimum absolute atomic E-state index is 0.138. The summed E-state index contributed by atoms with van der Waals surface area (Å²) in [6.45, 7) is 6.34. The molecule has 0 aromatic heterocycles. The van der Waals surface area contributed by atoms with Gasteiger partial charge in [0.15, 0.2) is 6.61 Å². The van der Waals surface area contributed by atoms with E-state index in [0.717, 1.165) is 22.6 Å². The van der Waals surface area contributed by atoms with Crippen LogP contribution in [-0.2, 0) is 4.79 Å². The second kappa shape index (κ2) is 10.3. The SMILES string of the molecule is CCOc1ccc(NC(=O)COc2ccc(C(=O)Nc3cccc(C)c3C)cc2)cc1. The summed E-state index contributed by atoms with van der Waals surface area (Å²) < 4.78 is 10.9. The van der Waals surface area contributed by atoms with Crippen LogP contribution in [0.15, 0.2) is 66.7 Å². The fraction of sp³-hybridized carbons (Fsp3) is 0.200. The normalized spacial score (nSPS) is 10.3. The summed E-state index contributed by atoms with van der Waals surface area (Å²) in [5.41, 5.74) is 4.11. The molecule has 3 aromatic carbocycles. The van der Waals surface area contributed by atoms with Crippen molar-refractivity contribution >= 4 is 23.2 Å². The van der Waals surface area contributed by atoms with E-state index in [9.17, 15) is 9.59 Å². The maximum atomic E-state index is 12.5. The number of benzene rings is 3. The zero-order chi connectivity index (χ0) is 22.2. The molecule has 2 N–H and O–H groups in total. The highest BCUT2D eigenvalue weighted by Gasteiger charge is 2.10. The van der Waals surface area contributed by atoms with E-state index in [-0.39, 0.29) is 18.4 Å². The van der Waals surface area contributed by atoms with Crippen molar-refractivity contribution in [1.82, 2.24) is 0 Å². The Hall–Kier alpha value is -3.80. The van der Waals surface area contributed by atoms with Gasteiger partial charge in [-0.25, -0.2) is 0 Å². The van der Waals surface area contributed by atoms with Crippen LogP contribution >= 0.6 is 0 Å². The van der Waals surface area contributed by atoms with Crippen LogP contribution in [0, 0.1) is 13.8 Å². The maximum Gasteiger partial charge on any atom is 0.262 e. The lowest BCUT2D eigenvalue weighted by molar-refractivity contribution is -0.118. The number of ether oxygens (including phenoxy) is 2. The fourth-order valence-corrected chi connectivity index (χ4v) is 2.93. The highest BCUT2D eigenvalue weighted by molar-refractivity contribution is 6.04. The summed E-state index contributed by atoms with van der Waals surface area (Å²) in [6.07, 6.45) is 0. The molecule has 0 fully saturated rings. The van der Waals surface area contributed by atoms with E-state index in [1.54, 1.807) is 48.5 Å². The number of nitrogens with one attached hydrogen (secondary N) is 2. The van der Waals surface area contributed by atoms with Crippen LogP contribution in [0.3, 0.4) is 0 Å². The zero-order valence-corrected chi connectivity index (χ0v) is 17.9. The molecule has 3 aromatic rings. The van der Waals surface area contributed by atoms with Crippen molar-refractivity contribution in [3.8, 4) is 11.5 Å². The third-order valence-corrected chi connectivity index (χ3v) is 4.79. The molecule has 160 valence electrons. The number of carbonyl (C=O) groups is 2. The predicted octanol–water partition coefficient (Wildman–Crippen LogP) is 4.97. The zero-order valence-electron chi connectivity index (χ0n) is 17.9. The molecule has 0 aliphatic heterocycles. The lowest BCUT2D eigenvalue weighted by Gasteiger charge is -2.11. The van der Waals surface area contributed by atoms with Gasteiger partial charge < -0.3 is 20.1 Å². The van der Waals surface area contributed by atoms with Gasteiger partial charge in [0.2, 0.25) is 0 Å². The molecule has 31 heavy (non-hydrogen) atoms. The summed E-state index contributed by atoms with van der Waals surface area (Å²) in [6, 6.07) is 19.6. The van der Waals surface area contributed by atoms with Crippen molar-refractivity contribution in [2.45, 2.75) is 20.8 Å². The second-order valence-corrected chi connectivity index (χ2v) is 7.02. The molecule has 0 aliphatic rings. The van der Waals surface area contributed by atoms with Crippen LogP contribution in [0.4, 0.5) is 11.4 Å². The van der Waals surface area contributed by atoms with Gasteiger partial charge in [-0.1, -0.05) is 12.1 Å². The molecule has 2 amide bonds. The van der Waals surface area contributed by atoms with Gasteiger partial charge in [-0.05, 0) is 86.5 Å². The van der Waals surface area contributed by atoms with Gasteiger partial charge in [0.1, 0.15) is 11.5 Å². The number of hydrogen-bond donors (Lipinski definition) is 2. The smallest absolute Gasteiger partial charge is 0.262 e. The van der Waals surface area contributed by atoms with Crippen molar-refractivity contribution in [1.29, 1.82) is 0 Å². The third-order valence-electron chi connectivity index (χ3n) is 4.79. The Balaban J connectivity index is 1.51. The molecule has 0 radical (unpaired) electrons. The lowest BCUT2D eigenvalue weighted by Crippen LogP contribution is -2.20. The molecule has 0 aliphatic carbocycles. The predicted molar refractivity (Wildman–Crippen MR) is 122 cm³/mol. The molecule has 0 bridgehead atoms. The van der Waals surface area contributed by atoms with Crippen LogP contribution in [0.25, 0.3) is 0 Å². The molecule has 6 heteroatoms. The van der Waals surface area contributed by atoms with Crippen LogP contribution < -0.4 is 20.1 Å². The quantitative estimate of drug-likeness (QED) is 0.541. The van der Waals surface area contributed by atoms with E-state index in [1.165, 1.54) is 0 Å². The molecular formula is C25H26N2O4. The Labute approximate surface area is 182 Å². The Morgan fingerprint density at radius 2 is 1.45 bits per heavy atom. The summed E-state index contributed by atoms with van der Waals surface area (Å²) in [5, 5.41) is 5.69. The number of rotatable bonds is 8. The molecule has 0 saturated heterocycles. The van der Waals surface area contributed by atoms with Gasteiger partial charge in [-0.3, -0.25) is 9.59 Å². The number of carbonyl (C=O) groups excluding carboxylic acids is 2. The maximum absolute atomic E-state index is 12.5. The Morgan fingerprint density at radius 1 is 0.806 bits per heavy atom. The van der Waals surface area contributed by atoms with Crippen LogP contribution in [-0.4, -0.2) is 25.0 Å². The summed E-state index contributed by atoms with van der Waals surface area (Å²) >= 11 is 0. The largest absolute Gasteiger partial charge is 0.494 e. The number of amides is 2. The van der Waals surface area contributed by atoms with E-state index in [0.29, 0.717) is 23.6 Å². The van der Waals surface area contributed by atoms with Gasteiger partial charge >= 0.3 is 0 Å². The number of hydrogen-bond acceptors (Lipinski definition) is 4. The standard InChI is InChI=1S/C25H26N2O4/c1-4-30-21-14-10-20(11-15-21)26-24(28)16-31-22-12-8-19(9-13-22)25(29)27-23-7-5-6-17(2)18(23)3/h5-15H,4,16H2,1-3H3,(H,26,28)(H,27,29). The topological polar surface area (TPSA) is 76.7 Å². The fourth-order valence-electron chi connectivity index (χ4n) is 2.93. The van der Waals surface area contributed by atoms with E-state index in [4.69, 9.17) is 9.47 Å². The summed E-state index contributed by atoms with van der Waals surface area (Å²) in [5.74, 6) is 0.776. The average Bonchev–Trinajstić information content (AvgIpc) is 2.77. The van der Waals surface area contributed by atoms with E-state index in [2.05, 4.69) is 10.6 Å². The van der Waals surface area contributed by atoms with Crippen molar-refractivity contribution in [3.05, 3.63) is 83.4 Å². The van der Waals surface area contributed by atoms with E-state index in [1.807, 2.05) is 39.0 Å². The Kier molecular flexibility index (Phi) is 7.27. The third kappa shape index (κ3) is 6.09. The van der Waals surface area contributed by atoms with E-state index < -0.39 is 0 Å². The second-order valence-electron chi connectivity index (χ2n) is 7.02.